The minimum Gasteiger partial charge on any atom is -0.453 e. The molecule has 2 fully saturated rings. The Balaban J connectivity index is 1.11. The first-order chi connectivity index (χ1) is 24.0. The van der Waals surface area contributed by atoms with Gasteiger partial charge in [0, 0.05) is 24.7 Å². The van der Waals surface area contributed by atoms with Gasteiger partial charge in [-0.25, -0.2) is 9.78 Å². The van der Waals surface area contributed by atoms with Gasteiger partial charge in [-0.15, -0.1) is 0 Å². The number of rotatable bonds is 9. The number of anilines is 1. The second kappa shape index (κ2) is 14.7. The molecule has 11 nitrogen and oxygen atoms in total. The molecule has 0 bridgehead atoms. The monoisotopic (exact) mass is 678 g/mol. The maximum Gasteiger partial charge on any atom is 0.407 e. The van der Waals surface area contributed by atoms with Gasteiger partial charge in [0.2, 0.25) is 17.7 Å². The third-order valence-electron chi connectivity index (χ3n) is 9.81. The molecule has 3 atom stereocenters. The van der Waals surface area contributed by atoms with Crippen molar-refractivity contribution < 1.29 is 23.9 Å². The maximum atomic E-state index is 13.4. The number of H-pyrrole nitrogens is 1. The highest BCUT2D eigenvalue weighted by Crippen LogP contribution is 2.34. The lowest BCUT2D eigenvalue weighted by Gasteiger charge is -2.30. The smallest absolute Gasteiger partial charge is 0.407 e. The second-order valence-corrected chi connectivity index (χ2v) is 13.9. The topological polar surface area (TPSA) is 137 Å². The molecule has 1 aromatic heterocycles. The Hall–Kier alpha value is -5.19. The van der Waals surface area contributed by atoms with Crippen molar-refractivity contribution in [1.29, 1.82) is 0 Å². The summed E-state index contributed by atoms with van der Waals surface area (Å²) in [4.78, 5) is 63.0. The Labute approximate surface area is 292 Å². The van der Waals surface area contributed by atoms with E-state index < -0.39 is 18.2 Å². The van der Waals surface area contributed by atoms with Crippen LogP contribution in [0.3, 0.4) is 0 Å². The highest BCUT2D eigenvalue weighted by atomic mass is 16.5. The fraction of sp³-hybridized carbons (Fsp3) is 0.410. The highest BCUT2D eigenvalue weighted by molar-refractivity contribution is 6.00. The van der Waals surface area contributed by atoms with Crippen molar-refractivity contribution in [3.63, 3.8) is 0 Å². The molecule has 0 saturated carbocycles. The van der Waals surface area contributed by atoms with Crippen molar-refractivity contribution in [1.82, 2.24) is 25.1 Å². The van der Waals surface area contributed by atoms with E-state index in [1.165, 1.54) is 7.11 Å². The van der Waals surface area contributed by atoms with E-state index in [0.29, 0.717) is 25.1 Å². The van der Waals surface area contributed by atoms with Crippen LogP contribution in [0.25, 0.3) is 33.2 Å². The molecule has 11 heteroatoms. The van der Waals surface area contributed by atoms with Gasteiger partial charge in [-0.1, -0.05) is 70.2 Å². The van der Waals surface area contributed by atoms with Gasteiger partial charge < -0.3 is 30.2 Å². The molecule has 0 aliphatic carbocycles. The van der Waals surface area contributed by atoms with Gasteiger partial charge in [-0.3, -0.25) is 14.4 Å². The maximum absolute atomic E-state index is 13.4. The number of methoxy groups -OCH3 is 1. The predicted octanol–water partition coefficient (Wildman–Crippen LogP) is 6.53. The predicted molar refractivity (Wildman–Crippen MR) is 193 cm³/mol. The highest BCUT2D eigenvalue weighted by Gasteiger charge is 2.39. The Morgan fingerprint density at radius 2 is 1.48 bits per heavy atom. The molecule has 2 saturated heterocycles. The number of amides is 4. The Bertz CT molecular complexity index is 1880. The van der Waals surface area contributed by atoms with E-state index in [4.69, 9.17) is 4.74 Å². The van der Waals surface area contributed by atoms with Gasteiger partial charge in [0.15, 0.2) is 0 Å². The number of fused-ring (bicyclic) bond motifs is 1. The molecule has 4 aromatic rings. The molecule has 50 heavy (non-hydrogen) atoms. The van der Waals surface area contributed by atoms with Gasteiger partial charge in [-0.2, -0.15) is 0 Å². The van der Waals surface area contributed by atoms with Crippen molar-refractivity contribution >= 4 is 40.3 Å². The van der Waals surface area contributed by atoms with E-state index in [1.54, 1.807) is 4.90 Å². The summed E-state index contributed by atoms with van der Waals surface area (Å²) in [5.41, 5.74) is 4.74. The zero-order valence-corrected chi connectivity index (χ0v) is 29.4. The van der Waals surface area contributed by atoms with Gasteiger partial charge in [0.1, 0.15) is 17.9 Å². The summed E-state index contributed by atoms with van der Waals surface area (Å²) in [5, 5.41) is 7.64. The minimum atomic E-state index is -0.782. The molecule has 0 radical (unpaired) electrons. The lowest BCUT2D eigenvalue weighted by Crippen LogP contribution is -2.54. The number of likely N-dealkylation sites (tertiary alicyclic amines) is 2. The van der Waals surface area contributed by atoms with Crippen LogP contribution < -0.4 is 10.6 Å². The lowest BCUT2D eigenvalue weighted by molar-refractivity contribution is -0.139. The van der Waals surface area contributed by atoms with Gasteiger partial charge in [0.05, 0.1) is 25.0 Å². The zero-order valence-electron chi connectivity index (χ0n) is 29.4. The molecule has 0 spiro atoms. The number of carbonyl (C=O) groups excluding carboxylic acids is 4. The molecular formula is C39H46N6O5. The zero-order chi connectivity index (χ0) is 35.5. The molecule has 262 valence electrons. The normalized spacial score (nSPS) is 18.1. The number of nitrogens with one attached hydrogen (secondary N) is 3. The van der Waals surface area contributed by atoms with Crippen molar-refractivity contribution in [3.8, 4) is 22.4 Å². The summed E-state index contributed by atoms with van der Waals surface area (Å²) in [6.45, 7) is 8.79. The molecule has 3 N–H and O–H groups in total. The van der Waals surface area contributed by atoms with E-state index in [1.807, 2.05) is 63.1 Å². The fourth-order valence-corrected chi connectivity index (χ4v) is 7.05. The second-order valence-electron chi connectivity index (χ2n) is 13.9. The third-order valence-corrected chi connectivity index (χ3v) is 9.81. The van der Waals surface area contributed by atoms with Crippen LogP contribution >= 0.6 is 0 Å². The fourth-order valence-electron chi connectivity index (χ4n) is 7.05. The number of carbonyl (C=O) groups is 4. The number of aromatic amines is 1. The lowest BCUT2D eigenvalue weighted by atomic mass is 9.99. The molecule has 2 aliphatic rings. The minimum absolute atomic E-state index is 0.00899. The summed E-state index contributed by atoms with van der Waals surface area (Å²) < 4.78 is 4.70. The number of hydrogen-bond acceptors (Lipinski definition) is 6. The van der Waals surface area contributed by atoms with E-state index in [9.17, 15) is 19.2 Å². The first-order valence-electron chi connectivity index (χ1n) is 17.5. The average Bonchev–Trinajstić information content (AvgIpc) is 3.91. The Morgan fingerprint density at radius 3 is 2.20 bits per heavy atom. The van der Waals surface area contributed by atoms with E-state index in [-0.39, 0.29) is 35.6 Å². The van der Waals surface area contributed by atoms with Crippen LogP contribution in [0.15, 0.2) is 66.9 Å². The van der Waals surface area contributed by atoms with Crippen LogP contribution in [-0.4, -0.2) is 75.9 Å². The number of alkyl carbamates (subject to hydrolysis) is 1. The van der Waals surface area contributed by atoms with Crippen LogP contribution in [0.5, 0.6) is 0 Å². The first kappa shape index (κ1) is 34.7. The summed E-state index contributed by atoms with van der Waals surface area (Å²) in [6.07, 6.45) is 4.32. The average molecular weight is 679 g/mol. The van der Waals surface area contributed by atoms with Crippen molar-refractivity contribution in [2.24, 2.45) is 11.8 Å². The number of hydrogen-bond donors (Lipinski definition) is 3. The largest absolute Gasteiger partial charge is 0.453 e. The van der Waals surface area contributed by atoms with Crippen LogP contribution in [0, 0.1) is 11.8 Å². The van der Waals surface area contributed by atoms with E-state index in [2.05, 4.69) is 57.0 Å². The van der Waals surface area contributed by atoms with Crippen LogP contribution in [-0.2, 0) is 19.1 Å². The van der Waals surface area contributed by atoms with E-state index in [0.717, 1.165) is 58.4 Å². The molecule has 2 aliphatic heterocycles. The number of ether oxygens (including phenoxy) is 1. The van der Waals surface area contributed by atoms with Crippen molar-refractivity contribution in [3.05, 3.63) is 72.7 Å². The molecule has 6 rings (SSSR count). The van der Waals surface area contributed by atoms with Crippen molar-refractivity contribution in [2.75, 3.05) is 25.5 Å². The van der Waals surface area contributed by atoms with Gasteiger partial charge in [0.25, 0.3) is 0 Å². The van der Waals surface area contributed by atoms with Gasteiger partial charge >= 0.3 is 6.09 Å². The molecule has 3 aromatic carbocycles. The molecule has 3 heterocycles. The number of benzene rings is 3. The van der Waals surface area contributed by atoms with E-state index >= 15 is 0 Å². The van der Waals surface area contributed by atoms with Crippen LogP contribution in [0.1, 0.15) is 65.2 Å². The number of nitrogens with zero attached hydrogens (tertiary/aromatic N) is 3. The summed E-state index contributed by atoms with van der Waals surface area (Å²) >= 11 is 0. The standard InChI is InChI=1S/C39H46N6O5/c1-23(2)34(43-39(49)50-5)38(48)45-19-7-9-33(45)36(46)41-30-17-16-28-20-27(14-15-29(28)21-30)25-10-12-26(13-11-25)31-22-40-35(42-31)32-8-6-18-44(32)37(47)24(3)4/h10-17,20-24,32-34H,6-9,18-19H2,1-5H3,(H,40,42)(H,41,46)(H,43,49)/t32?,33-,34-/m0/s1. The SMILES string of the molecule is COC(=O)N[C@H](C(=O)N1CCC[C@H]1C(=O)Nc1ccc2cc(-c3ccc(-c4cnc(C5CCCN5C(=O)C(C)C)[nH]4)cc3)ccc2c1)C(C)C. The van der Waals surface area contributed by atoms with Crippen molar-refractivity contribution in [2.45, 2.75) is 71.5 Å². The summed E-state index contributed by atoms with van der Waals surface area (Å²) in [5.74, 6) is 0.262. The molecular weight excluding hydrogens is 632 g/mol. The Kier molecular flexibility index (Phi) is 10.2. The summed E-state index contributed by atoms with van der Waals surface area (Å²) in [7, 11) is 1.26. The molecule has 1 unspecified atom stereocenters. The summed E-state index contributed by atoms with van der Waals surface area (Å²) in [6, 6.07) is 19.0. The number of imidazole rings is 1. The van der Waals surface area contributed by atoms with Crippen LogP contribution in [0.4, 0.5) is 10.5 Å². The quantitative estimate of drug-likeness (QED) is 0.184. The van der Waals surface area contributed by atoms with Gasteiger partial charge in [-0.05, 0) is 77.3 Å². The number of aromatic nitrogens is 2. The first-order valence-corrected chi connectivity index (χ1v) is 17.5. The van der Waals surface area contributed by atoms with Crippen LogP contribution in [0.2, 0.25) is 0 Å². The third kappa shape index (κ3) is 7.22. The molecule has 4 amide bonds. The Morgan fingerprint density at radius 1 is 0.820 bits per heavy atom.